The van der Waals surface area contributed by atoms with E-state index in [1.54, 1.807) is 0 Å². The first kappa shape index (κ1) is 9.40. The number of rotatable bonds is 1. The van der Waals surface area contributed by atoms with Gasteiger partial charge in [-0.1, -0.05) is 12.1 Å². The van der Waals surface area contributed by atoms with Gasteiger partial charge in [-0.2, -0.15) is 0 Å². The molecule has 14 heavy (non-hydrogen) atoms. The molecule has 1 amide bonds. The van der Waals surface area contributed by atoms with E-state index in [9.17, 15) is 4.79 Å². The molecule has 0 spiro atoms. The minimum Gasteiger partial charge on any atom is -0.269 e. The van der Waals surface area contributed by atoms with E-state index in [2.05, 4.69) is 21.4 Å². The van der Waals surface area contributed by atoms with Crippen molar-refractivity contribution in [3.63, 3.8) is 0 Å². The van der Waals surface area contributed by atoms with Crippen LogP contribution in [0.15, 0.2) is 28.7 Å². The van der Waals surface area contributed by atoms with Crippen molar-refractivity contribution in [1.82, 2.24) is 5.43 Å². The van der Waals surface area contributed by atoms with Gasteiger partial charge < -0.3 is 0 Å². The normalized spacial score (nSPS) is 18.6. The van der Waals surface area contributed by atoms with E-state index in [0.717, 1.165) is 16.6 Å². The Hall–Kier alpha value is -1.16. The lowest BCUT2D eigenvalue weighted by Crippen LogP contribution is -2.25. The van der Waals surface area contributed by atoms with E-state index in [4.69, 9.17) is 0 Å². The molecule has 1 aromatic carbocycles. The van der Waals surface area contributed by atoms with Gasteiger partial charge in [-0.3, -0.25) is 4.79 Å². The van der Waals surface area contributed by atoms with Gasteiger partial charge in [0.25, 0.3) is 5.91 Å². The van der Waals surface area contributed by atoms with Crippen molar-refractivity contribution in [1.29, 1.82) is 0 Å². The highest BCUT2D eigenvalue weighted by molar-refractivity contribution is 9.10. The van der Waals surface area contributed by atoms with Gasteiger partial charge in [-0.25, -0.2) is 0 Å². The number of benzene rings is 1. The Morgan fingerprint density at radius 3 is 2.86 bits per heavy atom. The summed E-state index contributed by atoms with van der Waals surface area (Å²) in [4.78, 5) is 10.9. The van der Waals surface area contributed by atoms with Crippen LogP contribution in [0.2, 0.25) is 0 Å². The van der Waals surface area contributed by atoms with Crippen molar-refractivity contribution < 1.29 is 9.48 Å². The summed E-state index contributed by atoms with van der Waals surface area (Å²) in [5, 5.41) is 0. The molecule has 1 aliphatic heterocycles. The molecule has 3 nitrogen and oxygen atoms in total. The maximum atomic E-state index is 10.9. The van der Waals surface area contributed by atoms with Crippen LogP contribution in [0.3, 0.4) is 0 Å². The zero-order valence-electron chi connectivity index (χ0n) is 7.53. The Bertz CT molecular complexity index is 401. The average Bonchev–Trinajstić information content (AvgIpc) is 2.56. The molecule has 0 radical (unpaired) electrons. The smallest absolute Gasteiger partial charge is 0.269 e. The summed E-state index contributed by atoms with van der Waals surface area (Å²) < 4.78 is 2.84. The Labute approximate surface area is 90.5 Å². The third kappa shape index (κ3) is 2.01. The third-order valence-corrected chi connectivity index (χ3v) is 2.77. The first-order valence-electron chi connectivity index (χ1n) is 4.41. The molecule has 0 aliphatic carbocycles. The zero-order chi connectivity index (χ0) is 9.97. The maximum absolute atomic E-state index is 10.9. The van der Waals surface area contributed by atoms with E-state index in [0.29, 0.717) is 6.42 Å². The van der Waals surface area contributed by atoms with Crippen LogP contribution in [-0.4, -0.2) is 23.4 Å². The molecular formula is C10H10BrN2O+. The van der Waals surface area contributed by atoms with Crippen molar-refractivity contribution in [2.24, 2.45) is 0 Å². The number of hydrogen-bond acceptors (Lipinski definition) is 1. The lowest BCUT2D eigenvalue weighted by molar-refractivity contribution is -0.553. The monoisotopic (exact) mass is 253 g/mol. The molecule has 0 saturated carbocycles. The molecule has 72 valence electrons. The van der Waals surface area contributed by atoms with Crippen LogP contribution < -0.4 is 5.43 Å². The minimum atomic E-state index is 0.0771. The highest BCUT2D eigenvalue weighted by Gasteiger charge is 2.20. The fourth-order valence-electron chi connectivity index (χ4n) is 1.34. The predicted molar refractivity (Wildman–Crippen MR) is 57.2 cm³/mol. The lowest BCUT2D eigenvalue weighted by Gasteiger charge is -1.95. The Balaban J connectivity index is 2.25. The first-order valence-corrected chi connectivity index (χ1v) is 5.20. The van der Waals surface area contributed by atoms with Gasteiger partial charge in [0.1, 0.15) is 0 Å². The SMILES string of the molecule is O=C1CC/[N+](=C/c2ccccc2Br)N1. The Morgan fingerprint density at radius 2 is 2.21 bits per heavy atom. The number of hydrazine groups is 1. The fraction of sp³-hybridized carbons (Fsp3) is 0.200. The zero-order valence-corrected chi connectivity index (χ0v) is 9.12. The number of carbonyl (C=O) groups excluding carboxylic acids is 1. The molecule has 1 saturated heterocycles. The fourth-order valence-corrected chi connectivity index (χ4v) is 1.73. The molecule has 2 rings (SSSR count). The molecule has 0 bridgehead atoms. The summed E-state index contributed by atoms with van der Waals surface area (Å²) in [5.74, 6) is 0.0771. The molecule has 0 unspecified atom stereocenters. The van der Waals surface area contributed by atoms with Crippen LogP contribution >= 0.6 is 15.9 Å². The highest BCUT2D eigenvalue weighted by Crippen LogP contribution is 2.13. The van der Waals surface area contributed by atoms with Crippen LogP contribution in [0.1, 0.15) is 12.0 Å². The maximum Gasteiger partial charge on any atom is 0.280 e. The van der Waals surface area contributed by atoms with Gasteiger partial charge in [0.2, 0.25) is 6.21 Å². The number of hydrazone groups is 1. The van der Waals surface area contributed by atoms with Crippen LogP contribution in [0.25, 0.3) is 0 Å². The summed E-state index contributed by atoms with van der Waals surface area (Å²) in [6, 6.07) is 7.90. The molecule has 1 fully saturated rings. The molecule has 1 N–H and O–H groups in total. The Kier molecular flexibility index (Phi) is 2.63. The quantitative estimate of drug-likeness (QED) is 0.753. The van der Waals surface area contributed by atoms with E-state index in [-0.39, 0.29) is 5.91 Å². The Morgan fingerprint density at radius 1 is 1.43 bits per heavy atom. The average molecular weight is 254 g/mol. The number of nitrogens with one attached hydrogen (secondary N) is 1. The third-order valence-electron chi connectivity index (χ3n) is 2.05. The molecule has 1 aromatic rings. The largest absolute Gasteiger partial charge is 0.280 e. The van der Waals surface area contributed by atoms with E-state index < -0.39 is 0 Å². The van der Waals surface area contributed by atoms with Gasteiger partial charge in [-0.05, 0) is 28.1 Å². The van der Waals surface area contributed by atoms with E-state index >= 15 is 0 Å². The second-order valence-corrected chi connectivity index (χ2v) is 3.98. The van der Waals surface area contributed by atoms with E-state index in [1.807, 2.05) is 35.2 Å². The van der Waals surface area contributed by atoms with Gasteiger partial charge in [0.05, 0.1) is 12.0 Å². The summed E-state index contributed by atoms with van der Waals surface area (Å²) in [5.41, 5.74) is 3.81. The number of hydrogen-bond donors (Lipinski definition) is 1. The minimum absolute atomic E-state index is 0.0771. The van der Waals surface area contributed by atoms with Crippen LogP contribution in [-0.2, 0) is 4.79 Å². The number of halogens is 1. The molecule has 0 atom stereocenters. The molecule has 1 heterocycles. The summed E-state index contributed by atoms with van der Waals surface area (Å²) >= 11 is 3.45. The number of nitrogens with zero attached hydrogens (tertiary/aromatic N) is 1. The van der Waals surface area contributed by atoms with Crippen molar-refractivity contribution >= 4 is 28.1 Å². The second-order valence-electron chi connectivity index (χ2n) is 3.13. The lowest BCUT2D eigenvalue weighted by atomic mass is 10.2. The van der Waals surface area contributed by atoms with Gasteiger partial charge in [0, 0.05) is 4.47 Å². The molecule has 4 heteroatoms. The summed E-state index contributed by atoms with van der Waals surface area (Å²) in [7, 11) is 0. The topological polar surface area (TPSA) is 32.1 Å². The van der Waals surface area contributed by atoms with Crippen molar-refractivity contribution in [2.75, 3.05) is 6.54 Å². The highest BCUT2D eigenvalue weighted by atomic mass is 79.9. The van der Waals surface area contributed by atoms with Gasteiger partial charge >= 0.3 is 0 Å². The van der Waals surface area contributed by atoms with Crippen LogP contribution in [0, 0.1) is 0 Å². The van der Waals surface area contributed by atoms with E-state index in [1.165, 1.54) is 0 Å². The van der Waals surface area contributed by atoms with Gasteiger partial charge in [0.15, 0.2) is 6.54 Å². The predicted octanol–water partition coefficient (Wildman–Crippen LogP) is 1.32. The first-order chi connectivity index (χ1) is 6.75. The molecule has 1 aliphatic rings. The van der Waals surface area contributed by atoms with Crippen molar-refractivity contribution in [3.05, 3.63) is 34.3 Å². The summed E-state index contributed by atoms with van der Waals surface area (Å²) in [6.45, 7) is 0.736. The number of carbonyl (C=O) groups is 1. The number of amides is 1. The van der Waals surface area contributed by atoms with Crippen LogP contribution in [0.5, 0.6) is 0 Å². The standard InChI is InChI=1S/C10H9BrN2O/c11-9-4-2-1-3-8(9)7-13-6-5-10(14)12-13/h1-4,7H,5-6H2/p+1/b13-7-. The molecular weight excluding hydrogens is 244 g/mol. The molecule has 0 aromatic heterocycles. The summed E-state index contributed by atoms with van der Waals surface area (Å²) in [6.07, 6.45) is 2.50. The second kappa shape index (κ2) is 3.92. The van der Waals surface area contributed by atoms with Crippen LogP contribution in [0.4, 0.5) is 0 Å². The van der Waals surface area contributed by atoms with Crippen molar-refractivity contribution in [3.8, 4) is 0 Å². The van der Waals surface area contributed by atoms with Crippen molar-refractivity contribution in [2.45, 2.75) is 6.42 Å². The van der Waals surface area contributed by atoms with Gasteiger partial charge in [-0.15, -0.1) is 10.1 Å².